The fourth-order valence-electron chi connectivity index (χ4n) is 5.23. The molecule has 1 aromatic carbocycles. The van der Waals surface area contributed by atoms with E-state index in [9.17, 15) is 9.59 Å². The minimum Gasteiger partial charge on any atom is -0.495 e. The second-order valence-electron chi connectivity index (χ2n) is 9.38. The molecule has 0 spiro atoms. The fraction of sp³-hybridized carbons (Fsp3) is 0.536. The summed E-state index contributed by atoms with van der Waals surface area (Å²) in [5, 5.41) is 9.52. The lowest BCUT2D eigenvalue weighted by molar-refractivity contribution is -0.140. The number of nitrogens with one attached hydrogen (secondary N) is 1. The molecule has 1 N–H and O–H groups in total. The first-order valence-electron chi connectivity index (χ1n) is 12.7. The maximum absolute atomic E-state index is 13.5. The van der Waals surface area contributed by atoms with Crippen molar-refractivity contribution < 1.29 is 19.1 Å². The van der Waals surface area contributed by atoms with Gasteiger partial charge in [-0.2, -0.15) is 5.10 Å². The smallest absolute Gasteiger partial charge is 0.296 e. The summed E-state index contributed by atoms with van der Waals surface area (Å²) < 4.78 is 10.5. The van der Waals surface area contributed by atoms with Gasteiger partial charge in [0.05, 0.1) is 37.0 Å². The molecule has 2 amide bonds. The van der Waals surface area contributed by atoms with E-state index >= 15 is 0 Å². The number of amides is 2. The van der Waals surface area contributed by atoms with Crippen molar-refractivity contribution in [2.75, 3.05) is 27.4 Å². The highest BCUT2D eigenvalue weighted by atomic mass is 16.5. The van der Waals surface area contributed by atoms with Crippen LogP contribution in [0.25, 0.3) is 0 Å². The molecule has 1 aliphatic heterocycles. The predicted molar refractivity (Wildman–Crippen MR) is 135 cm³/mol. The molecular formula is C28H35N3O4. The zero-order valence-corrected chi connectivity index (χ0v) is 20.7. The third-order valence-electron chi connectivity index (χ3n) is 7.11. The Labute approximate surface area is 207 Å². The molecule has 7 nitrogen and oxygen atoms in total. The Bertz CT molecular complexity index is 1040. The first-order valence-corrected chi connectivity index (χ1v) is 12.7. The Balaban J connectivity index is 1.67. The zero-order valence-electron chi connectivity index (χ0n) is 20.7. The molecule has 2 atom stereocenters. The lowest BCUT2D eigenvalue weighted by atomic mass is 9.76. The average Bonchev–Trinajstić information content (AvgIpc) is 3.17. The Kier molecular flexibility index (Phi) is 8.59. The lowest BCUT2D eigenvalue weighted by Crippen LogP contribution is -2.49. The van der Waals surface area contributed by atoms with E-state index in [0.29, 0.717) is 24.5 Å². The van der Waals surface area contributed by atoms with Gasteiger partial charge in [-0.05, 0) is 49.4 Å². The highest BCUT2D eigenvalue weighted by molar-refractivity contribution is 6.07. The number of benzene rings is 1. The molecule has 7 heteroatoms. The van der Waals surface area contributed by atoms with Gasteiger partial charge in [0.25, 0.3) is 5.91 Å². The normalized spacial score (nSPS) is 22.4. The van der Waals surface area contributed by atoms with Gasteiger partial charge in [-0.25, -0.2) is 5.01 Å². The molecule has 1 fully saturated rings. The van der Waals surface area contributed by atoms with Crippen molar-refractivity contribution in [3.05, 3.63) is 41.5 Å². The Morgan fingerprint density at radius 1 is 1.11 bits per heavy atom. The van der Waals surface area contributed by atoms with Gasteiger partial charge in [0.15, 0.2) is 0 Å². The number of nitrogens with zero attached hydrogens (tertiary/aromatic N) is 2. The SMILES string of the molecule is COCCNC(=O)C#Cc1cc(C2=NN(C3CCCCCC3)C(=O)[C@@H]3CC=CC[C@H]23)ccc1OC. The van der Waals surface area contributed by atoms with Gasteiger partial charge in [0.2, 0.25) is 5.91 Å². The average molecular weight is 478 g/mol. The zero-order chi connectivity index (χ0) is 24.6. The van der Waals surface area contributed by atoms with E-state index in [2.05, 4.69) is 29.3 Å². The minimum absolute atomic E-state index is 0.0427. The second kappa shape index (κ2) is 12.0. The van der Waals surface area contributed by atoms with Crippen LogP contribution in [0.4, 0.5) is 0 Å². The maximum Gasteiger partial charge on any atom is 0.296 e. The number of hydrazone groups is 1. The van der Waals surface area contributed by atoms with Crippen LogP contribution in [-0.4, -0.2) is 55.9 Å². The van der Waals surface area contributed by atoms with Gasteiger partial charge in [0.1, 0.15) is 5.75 Å². The van der Waals surface area contributed by atoms with Crippen molar-refractivity contribution in [3.63, 3.8) is 0 Å². The van der Waals surface area contributed by atoms with Gasteiger partial charge in [-0.3, -0.25) is 9.59 Å². The van der Waals surface area contributed by atoms with Crippen LogP contribution in [0.15, 0.2) is 35.5 Å². The van der Waals surface area contributed by atoms with Crippen LogP contribution in [0.5, 0.6) is 5.75 Å². The van der Waals surface area contributed by atoms with E-state index in [0.717, 1.165) is 49.8 Å². The number of methoxy groups -OCH3 is 2. The van der Waals surface area contributed by atoms with Crippen LogP contribution in [-0.2, 0) is 14.3 Å². The summed E-state index contributed by atoms with van der Waals surface area (Å²) in [4.78, 5) is 25.6. The van der Waals surface area contributed by atoms with Crippen molar-refractivity contribution in [3.8, 4) is 17.6 Å². The molecule has 0 radical (unpaired) electrons. The Morgan fingerprint density at radius 3 is 2.57 bits per heavy atom. The number of allylic oxidation sites excluding steroid dienone is 2. The first-order chi connectivity index (χ1) is 17.1. The molecule has 4 rings (SSSR count). The van der Waals surface area contributed by atoms with Crippen LogP contribution in [0, 0.1) is 23.7 Å². The van der Waals surface area contributed by atoms with Crippen molar-refractivity contribution in [1.82, 2.24) is 10.3 Å². The fourth-order valence-corrected chi connectivity index (χ4v) is 5.23. The van der Waals surface area contributed by atoms with E-state index in [4.69, 9.17) is 14.6 Å². The molecule has 0 bridgehead atoms. The van der Waals surface area contributed by atoms with Crippen molar-refractivity contribution >= 4 is 17.5 Å². The molecule has 0 unspecified atom stereocenters. The Hall–Kier alpha value is -3.11. The van der Waals surface area contributed by atoms with Crippen LogP contribution in [0.3, 0.4) is 0 Å². The summed E-state index contributed by atoms with van der Waals surface area (Å²) >= 11 is 0. The van der Waals surface area contributed by atoms with E-state index in [1.165, 1.54) is 12.8 Å². The third-order valence-corrected chi connectivity index (χ3v) is 7.11. The molecule has 0 aromatic heterocycles. The molecule has 0 saturated heterocycles. The number of hydrogen-bond acceptors (Lipinski definition) is 5. The van der Waals surface area contributed by atoms with Crippen LogP contribution in [0.1, 0.15) is 62.5 Å². The summed E-state index contributed by atoms with van der Waals surface area (Å²) in [6.07, 6.45) is 12.6. The number of ether oxygens (including phenoxy) is 2. The molecule has 1 heterocycles. The van der Waals surface area contributed by atoms with Crippen molar-refractivity contribution in [2.24, 2.45) is 16.9 Å². The quantitative estimate of drug-likeness (QED) is 0.294. The predicted octanol–water partition coefficient (Wildman–Crippen LogP) is 3.66. The van der Waals surface area contributed by atoms with Gasteiger partial charge in [-0.1, -0.05) is 43.8 Å². The van der Waals surface area contributed by atoms with E-state index in [1.807, 2.05) is 18.2 Å². The molecule has 2 aliphatic carbocycles. The van der Waals surface area contributed by atoms with Crippen molar-refractivity contribution in [2.45, 2.75) is 57.4 Å². The molecule has 1 saturated carbocycles. The van der Waals surface area contributed by atoms with E-state index < -0.39 is 0 Å². The highest BCUT2D eigenvalue weighted by Crippen LogP contribution is 2.37. The third kappa shape index (κ3) is 5.94. The summed E-state index contributed by atoms with van der Waals surface area (Å²) in [6.45, 7) is 0.832. The number of carbonyl (C=O) groups excluding carboxylic acids is 2. The van der Waals surface area contributed by atoms with Gasteiger partial charge in [0, 0.05) is 25.5 Å². The van der Waals surface area contributed by atoms with Crippen LogP contribution >= 0.6 is 0 Å². The second-order valence-corrected chi connectivity index (χ2v) is 9.38. The van der Waals surface area contributed by atoms with E-state index in [-0.39, 0.29) is 29.7 Å². The molecular weight excluding hydrogens is 442 g/mol. The first kappa shape index (κ1) is 25.0. The molecule has 1 aromatic rings. The highest BCUT2D eigenvalue weighted by Gasteiger charge is 2.42. The minimum atomic E-state index is -0.368. The summed E-state index contributed by atoms with van der Waals surface area (Å²) in [5.74, 6) is 5.95. The van der Waals surface area contributed by atoms with Gasteiger partial charge >= 0.3 is 0 Å². The standard InChI is InChI=1S/C28H35N3O4/c1-34-18-17-29-26(32)16-14-20-19-21(13-15-25(20)35-2)27-23-11-7-8-12-24(23)28(33)31(30-27)22-9-5-3-4-6-10-22/h7-8,13,15,19,22-24H,3-6,9-12,17-18H2,1-2H3,(H,29,32)/t23-,24+/m0/s1. The number of hydrogen-bond donors (Lipinski definition) is 1. The number of fused-ring (bicyclic) bond motifs is 1. The van der Waals surface area contributed by atoms with Crippen LogP contribution < -0.4 is 10.1 Å². The van der Waals surface area contributed by atoms with Gasteiger partial charge < -0.3 is 14.8 Å². The summed E-state index contributed by atoms with van der Waals surface area (Å²) in [5.41, 5.74) is 2.47. The van der Waals surface area contributed by atoms with E-state index in [1.54, 1.807) is 19.2 Å². The molecule has 186 valence electrons. The van der Waals surface area contributed by atoms with Gasteiger partial charge in [-0.15, -0.1) is 0 Å². The molecule has 35 heavy (non-hydrogen) atoms. The molecule has 3 aliphatic rings. The largest absolute Gasteiger partial charge is 0.495 e. The number of carbonyl (C=O) groups is 2. The number of rotatable bonds is 6. The Morgan fingerprint density at radius 2 is 1.86 bits per heavy atom. The monoisotopic (exact) mass is 477 g/mol. The maximum atomic E-state index is 13.5. The summed E-state index contributed by atoms with van der Waals surface area (Å²) in [7, 11) is 3.17. The van der Waals surface area contributed by atoms with Crippen LogP contribution in [0.2, 0.25) is 0 Å². The lowest BCUT2D eigenvalue weighted by Gasteiger charge is -2.40. The van der Waals surface area contributed by atoms with Crippen molar-refractivity contribution in [1.29, 1.82) is 0 Å². The summed E-state index contributed by atoms with van der Waals surface area (Å²) in [6, 6.07) is 5.95. The topological polar surface area (TPSA) is 80.2 Å².